The number of ketones is 1. The molecular formula is C10H11NaO3. The van der Waals surface area contributed by atoms with Crippen molar-refractivity contribution < 1.29 is 44.3 Å². The van der Waals surface area contributed by atoms with Crippen LogP contribution < -0.4 is 34.7 Å². The molecule has 0 saturated heterocycles. The van der Waals surface area contributed by atoms with Gasteiger partial charge in [0.1, 0.15) is 5.78 Å². The molecule has 1 rings (SSSR count). The third-order valence-corrected chi connectivity index (χ3v) is 1.01. The van der Waals surface area contributed by atoms with Crippen LogP contribution in [0.15, 0.2) is 30.3 Å². The van der Waals surface area contributed by atoms with E-state index in [9.17, 15) is 14.7 Å². The van der Waals surface area contributed by atoms with Crippen LogP contribution >= 0.6 is 0 Å². The molecule has 0 fully saturated rings. The Morgan fingerprint density at radius 3 is 1.64 bits per heavy atom. The van der Waals surface area contributed by atoms with Crippen LogP contribution in [0, 0.1) is 0 Å². The molecule has 0 unspecified atom stereocenters. The second-order valence-electron chi connectivity index (χ2n) is 2.56. The van der Waals surface area contributed by atoms with E-state index in [2.05, 4.69) is 0 Å². The van der Waals surface area contributed by atoms with Gasteiger partial charge in [-0.1, -0.05) is 30.3 Å². The fourth-order valence-corrected chi connectivity index (χ4v) is 0.574. The van der Waals surface area contributed by atoms with E-state index in [1.54, 1.807) is 18.2 Å². The van der Waals surface area contributed by atoms with Gasteiger partial charge in [-0.3, -0.25) is 0 Å². The molecule has 0 bridgehead atoms. The second kappa shape index (κ2) is 8.94. The number of aromatic carboxylic acids is 1. The zero-order valence-electron chi connectivity index (χ0n) is 8.61. The molecule has 0 atom stereocenters. The third-order valence-electron chi connectivity index (χ3n) is 1.01. The van der Waals surface area contributed by atoms with Gasteiger partial charge in [-0.05, 0) is 19.4 Å². The number of rotatable bonds is 1. The number of carbonyl (C=O) groups excluding carboxylic acids is 2. The van der Waals surface area contributed by atoms with E-state index in [-0.39, 0.29) is 40.9 Å². The molecular weight excluding hydrogens is 191 g/mol. The van der Waals surface area contributed by atoms with Crippen molar-refractivity contribution in [2.75, 3.05) is 0 Å². The number of carboxylic acid groups (broad SMARTS) is 1. The van der Waals surface area contributed by atoms with E-state index in [1.165, 1.54) is 26.0 Å². The van der Waals surface area contributed by atoms with Crippen LogP contribution in [0.2, 0.25) is 0 Å². The maximum Gasteiger partial charge on any atom is 1.00 e. The van der Waals surface area contributed by atoms with Gasteiger partial charge in [0.25, 0.3) is 0 Å². The SMILES string of the molecule is CC(C)=O.O=C([O-])c1ccccc1.[Na+]. The van der Waals surface area contributed by atoms with E-state index in [0.717, 1.165) is 0 Å². The van der Waals surface area contributed by atoms with Crippen LogP contribution in [-0.4, -0.2) is 11.8 Å². The fraction of sp³-hybridized carbons (Fsp3) is 0.200. The normalized spacial score (nSPS) is 7.57. The number of carboxylic acids is 1. The molecule has 0 N–H and O–H groups in total. The van der Waals surface area contributed by atoms with Crippen LogP contribution in [0.3, 0.4) is 0 Å². The van der Waals surface area contributed by atoms with Gasteiger partial charge in [-0.25, -0.2) is 0 Å². The summed E-state index contributed by atoms with van der Waals surface area (Å²) in [5, 5.41) is 10.1. The van der Waals surface area contributed by atoms with Crippen LogP contribution in [-0.2, 0) is 4.79 Å². The molecule has 0 aliphatic rings. The van der Waals surface area contributed by atoms with Crippen molar-refractivity contribution in [3.05, 3.63) is 35.9 Å². The predicted octanol–water partition coefficient (Wildman–Crippen LogP) is -2.35. The van der Waals surface area contributed by atoms with Gasteiger partial charge in [0.05, 0.1) is 5.97 Å². The van der Waals surface area contributed by atoms with Crippen LogP contribution in [0.5, 0.6) is 0 Å². The van der Waals surface area contributed by atoms with Gasteiger partial charge in [-0.15, -0.1) is 0 Å². The number of benzene rings is 1. The number of Topliss-reactive ketones (excluding diaryl/α,β-unsaturated/α-hetero) is 1. The Morgan fingerprint density at radius 2 is 1.43 bits per heavy atom. The second-order valence-corrected chi connectivity index (χ2v) is 2.56. The standard InChI is InChI=1S/C7H6O2.C3H6O.Na/c8-7(9)6-4-2-1-3-5-6;1-3(2)4;/h1-5H,(H,8,9);1-2H3;/q;;+1/p-1. The van der Waals surface area contributed by atoms with Crippen molar-refractivity contribution >= 4 is 11.8 Å². The minimum atomic E-state index is -1.13. The van der Waals surface area contributed by atoms with Gasteiger partial charge in [0.2, 0.25) is 0 Å². The van der Waals surface area contributed by atoms with Crippen LogP contribution in [0.1, 0.15) is 24.2 Å². The Hall–Kier alpha value is -0.640. The zero-order chi connectivity index (χ0) is 10.3. The van der Waals surface area contributed by atoms with Crippen molar-refractivity contribution in [2.24, 2.45) is 0 Å². The summed E-state index contributed by atoms with van der Waals surface area (Å²) in [6.07, 6.45) is 0. The molecule has 0 aliphatic heterocycles. The molecule has 0 amide bonds. The molecule has 0 spiro atoms. The van der Waals surface area contributed by atoms with Crippen molar-refractivity contribution in [3.8, 4) is 0 Å². The summed E-state index contributed by atoms with van der Waals surface area (Å²) in [7, 11) is 0. The fourth-order valence-electron chi connectivity index (χ4n) is 0.574. The van der Waals surface area contributed by atoms with Crippen molar-refractivity contribution in [3.63, 3.8) is 0 Å². The van der Waals surface area contributed by atoms with Crippen molar-refractivity contribution in [1.82, 2.24) is 0 Å². The van der Waals surface area contributed by atoms with Gasteiger partial charge in [0, 0.05) is 0 Å². The zero-order valence-corrected chi connectivity index (χ0v) is 10.6. The maximum atomic E-state index is 10.1. The Morgan fingerprint density at radius 1 is 1.07 bits per heavy atom. The average molecular weight is 202 g/mol. The van der Waals surface area contributed by atoms with Gasteiger partial charge >= 0.3 is 29.6 Å². The third kappa shape index (κ3) is 9.45. The number of hydrogen-bond donors (Lipinski definition) is 0. The molecule has 14 heavy (non-hydrogen) atoms. The molecule has 0 aliphatic carbocycles. The topological polar surface area (TPSA) is 57.2 Å². The molecule has 0 heterocycles. The molecule has 70 valence electrons. The van der Waals surface area contributed by atoms with Crippen molar-refractivity contribution in [1.29, 1.82) is 0 Å². The summed E-state index contributed by atoms with van der Waals surface area (Å²) in [4.78, 5) is 19.5. The largest absolute Gasteiger partial charge is 1.00 e. The Balaban J connectivity index is 0. The minimum absolute atomic E-state index is 0. The van der Waals surface area contributed by atoms with Gasteiger partial charge in [-0.2, -0.15) is 0 Å². The van der Waals surface area contributed by atoms with E-state index < -0.39 is 5.97 Å². The maximum absolute atomic E-state index is 10.1. The Kier molecular flexibility index (Phi) is 10.1. The molecule has 3 nitrogen and oxygen atoms in total. The molecule has 0 radical (unpaired) electrons. The summed E-state index contributed by atoms with van der Waals surface area (Å²) in [6.45, 7) is 3.06. The molecule has 0 saturated carbocycles. The minimum Gasteiger partial charge on any atom is -0.545 e. The van der Waals surface area contributed by atoms with E-state index in [0.29, 0.717) is 0 Å². The first-order valence-electron chi connectivity index (χ1n) is 3.77. The number of carbonyl (C=O) groups is 2. The predicted molar refractivity (Wildman–Crippen MR) is 47.1 cm³/mol. The average Bonchev–Trinajstić information content (AvgIpc) is 2.05. The smallest absolute Gasteiger partial charge is 0.545 e. The van der Waals surface area contributed by atoms with Crippen molar-refractivity contribution in [2.45, 2.75) is 13.8 Å². The Labute approximate surface area is 105 Å². The van der Waals surface area contributed by atoms with E-state index >= 15 is 0 Å². The molecule has 1 aromatic rings. The van der Waals surface area contributed by atoms with Crippen LogP contribution in [0.4, 0.5) is 0 Å². The Bertz CT molecular complexity index is 279. The van der Waals surface area contributed by atoms with Gasteiger partial charge in [0.15, 0.2) is 0 Å². The molecule has 0 aromatic heterocycles. The first-order chi connectivity index (χ1) is 6.04. The monoisotopic (exact) mass is 202 g/mol. The summed E-state index contributed by atoms with van der Waals surface area (Å²) >= 11 is 0. The van der Waals surface area contributed by atoms with E-state index in [1.807, 2.05) is 0 Å². The first kappa shape index (κ1) is 15.8. The van der Waals surface area contributed by atoms with Gasteiger partial charge < -0.3 is 14.7 Å². The quantitative estimate of drug-likeness (QED) is 0.479. The molecule has 4 heteroatoms. The summed E-state index contributed by atoms with van der Waals surface area (Å²) < 4.78 is 0. The first-order valence-corrected chi connectivity index (χ1v) is 3.77. The summed E-state index contributed by atoms with van der Waals surface area (Å²) in [5.41, 5.74) is 0.220. The van der Waals surface area contributed by atoms with Crippen LogP contribution in [0.25, 0.3) is 0 Å². The summed E-state index contributed by atoms with van der Waals surface area (Å²) in [6, 6.07) is 8.06. The number of hydrogen-bond acceptors (Lipinski definition) is 3. The van der Waals surface area contributed by atoms with E-state index in [4.69, 9.17) is 0 Å². The molecule has 1 aromatic carbocycles. The summed E-state index contributed by atoms with van der Waals surface area (Å²) in [5.74, 6) is -0.962.